The molecule has 0 aromatic carbocycles. The molecule has 0 bridgehead atoms. The second-order valence-electron chi connectivity index (χ2n) is 6.03. The van der Waals surface area contributed by atoms with Crippen molar-refractivity contribution in [2.24, 2.45) is 17.6 Å². The topological polar surface area (TPSA) is 29.3 Å². The Morgan fingerprint density at radius 1 is 1.12 bits per heavy atom. The fourth-order valence-electron chi connectivity index (χ4n) is 3.09. The third-order valence-corrected chi connectivity index (χ3v) is 3.85. The molecule has 2 nitrogen and oxygen atoms in total. The van der Waals surface area contributed by atoms with Gasteiger partial charge in [-0.15, -0.1) is 0 Å². The fourth-order valence-corrected chi connectivity index (χ4v) is 3.09. The van der Waals surface area contributed by atoms with Crippen LogP contribution in [0.2, 0.25) is 0 Å². The Morgan fingerprint density at radius 2 is 1.69 bits per heavy atom. The molecule has 1 atom stereocenters. The van der Waals surface area contributed by atoms with Crippen molar-refractivity contribution in [3.05, 3.63) is 0 Å². The minimum Gasteiger partial charge on any atom is -0.329 e. The molecular weight excluding hydrogens is 196 g/mol. The highest BCUT2D eigenvalue weighted by Crippen LogP contribution is 2.31. The lowest BCUT2D eigenvalue weighted by atomic mass is 9.94. The van der Waals surface area contributed by atoms with E-state index in [2.05, 4.69) is 32.6 Å². The molecular formula is C14H30N2. The summed E-state index contributed by atoms with van der Waals surface area (Å²) in [7, 11) is 0. The highest BCUT2D eigenvalue weighted by atomic mass is 15.2. The van der Waals surface area contributed by atoms with E-state index in [9.17, 15) is 0 Å². The third kappa shape index (κ3) is 3.74. The van der Waals surface area contributed by atoms with Crippen LogP contribution < -0.4 is 5.73 Å². The van der Waals surface area contributed by atoms with Crippen LogP contribution in [0.3, 0.4) is 0 Å². The predicted octanol–water partition coefficient (Wildman–Crippen LogP) is 2.87. The number of hydrogen-bond acceptors (Lipinski definition) is 2. The lowest BCUT2D eigenvalue weighted by molar-refractivity contribution is 0.0981. The molecule has 0 aromatic heterocycles. The quantitative estimate of drug-likeness (QED) is 0.754. The second-order valence-corrected chi connectivity index (χ2v) is 6.03. The van der Waals surface area contributed by atoms with Gasteiger partial charge in [-0.1, -0.05) is 26.7 Å². The van der Waals surface area contributed by atoms with E-state index in [4.69, 9.17) is 5.73 Å². The maximum atomic E-state index is 6.03. The fraction of sp³-hybridized carbons (Fsp3) is 1.00. The highest BCUT2D eigenvalue weighted by molar-refractivity contribution is 4.85. The smallest absolute Gasteiger partial charge is 0.0249 e. The van der Waals surface area contributed by atoms with Crippen LogP contribution in [0.5, 0.6) is 0 Å². The number of rotatable bonds is 6. The largest absolute Gasteiger partial charge is 0.329 e. The minimum atomic E-state index is 0.616. The zero-order valence-corrected chi connectivity index (χ0v) is 11.6. The van der Waals surface area contributed by atoms with Crippen LogP contribution in [0.1, 0.15) is 53.4 Å². The zero-order chi connectivity index (χ0) is 12.1. The van der Waals surface area contributed by atoms with Gasteiger partial charge in [0.1, 0.15) is 0 Å². The molecule has 0 aromatic rings. The molecule has 0 saturated heterocycles. The first-order valence-electron chi connectivity index (χ1n) is 7.02. The zero-order valence-electron chi connectivity index (χ0n) is 11.6. The maximum absolute atomic E-state index is 6.03. The van der Waals surface area contributed by atoms with E-state index in [0.717, 1.165) is 18.4 Å². The molecule has 2 heteroatoms. The molecule has 1 unspecified atom stereocenters. The summed E-state index contributed by atoms with van der Waals surface area (Å²) in [5.41, 5.74) is 6.03. The SMILES string of the molecule is CC(C)CN(C(C)C)C(CN)C1CCCC1. The predicted molar refractivity (Wildman–Crippen MR) is 71.5 cm³/mol. The molecule has 0 spiro atoms. The summed E-state index contributed by atoms with van der Waals surface area (Å²) < 4.78 is 0. The second kappa shape index (κ2) is 6.61. The van der Waals surface area contributed by atoms with E-state index >= 15 is 0 Å². The van der Waals surface area contributed by atoms with Crippen LogP contribution in [0, 0.1) is 11.8 Å². The minimum absolute atomic E-state index is 0.616. The van der Waals surface area contributed by atoms with Crippen molar-refractivity contribution in [2.75, 3.05) is 13.1 Å². The average molecular weight is 226 g/mol. The van der Waals surface area contributed by atoms with Crippen molar-refractivity contribution in [1.82, 2.24) is 4.90 Å². The van der Waals surface area contributed by atoms with E-state index in [1.165, 1.54) is 32.2 Å². The van der Waals surface area contributed by atoms with Gasteiger partial charge in [-0.2, -0.15) is 0 Å². The summed E-state index contributed by atoms with van der Waals surface area (Å²) >= 11 is 0. The Morgan fingerprint density at radius 3 is 2.06 bits per heavy atom. The van der Waals surface area contributed by atoms with Gasteiger partial charge in [-0.3, -0.25) is 4.90 Å². The van der Waals surface area contributed by atoms with Gasteiger partial charge >= 0.3 is 0 Å². The van der Waals surface area contributed by atoms with Crippen molar-refractivity contribution < 1.29 is 0 Å². The summed E-state index contributed by atoms with van der Waals surface area (Å²) in [5, 5.41) is 0. The normalized spacial score (nSPS) is 20.2. The number of nitrogens with zero attached hydrogens (tertiary/aromatic N) is 1. The molecule has 2 N–H and O–H groups in total. The standard InChI is InChI=1S/C14H30N2/c1-11(2)10-16(12(3)4)14(9-15)13-7-5-6-8-13/h11-14H,5-10,15H2,1-4H3. The van der Waals surface area contributed by atoms with Crippen LogP contribution in [-0.4, -0.2) is 30.1 Å². The van der Waals surface area contributed by atoms with Gasteiger partial charge in [0.2, 0.25) is 0 Å². The summed E-state index contributed by atoms with van der Waals surface area (Å²) in [6, 6.07) is 1.24. The van der Waals surface area contributed by atoms with Crippen LogP contribution in [0.25, 0.3) is 0 Å². The van der Waals surface area contributed by atoms with E-state index in [0.29, 0.717) is 12.1 Å². The van der Waals surface area contributed by atoms with Crippen molar-refractivity contribution >= 4 is 0 Å². The van der Waals surface area contributed by atoms with E-state index < -0.39 is 0 Å². The molecule has 1 aliphatic carbocycles. The summed E-state index contributed by atoms with van der Waals surface area (Å²) in [4.78, 5) is 2.64. The lowest BCUT2D eigenvalue weighted by Crippen LogP contribution is -2.49. The molecule has 1 fully saturated rings. The lowest BCUT2D eigenvalue weighted by Gasteiger charge is -2.39. The number of nitrogens with two attached hydrogens (primary N) is 1. The monoisotopic (exact) mass is 226 g/mol. The first-order valence-corrected chi connectivity index (χ1v) is 7.02. The molecule has 0 amide bonds. The van der Waals surface area contributed by atoms with E-state index in [-0.39, 0.29) is 0 Å². The average Bonchev–Trinajstić information content (AvgIpc) is 2.70. The van der Waals surface area contributed by atoms with Gasteiger partial charge in [-0.25, -0.2) is 0 Å². The van der Waals surface area contributed by atoms with Crippen LogP contribution >= 0.6 is 0 Å². The Bertz CT molecular complexity index is 183. The molecule has 16 heavy (non-hydrogen) atoms. The summed E-state index contributed by atoms with van der Waals surface area (Å²) in [5.74, 6) is 1.59. The van der Waals surface area contributed by atoms with Gasteiger partial charge in [-0.05, 0) is 38.5 Å². The van der Waals surface area contributed by atoms with Crippen molar-refractivity contribution in [3.8, 4) is 0 Å². The van der Waals surface area contributed by atoms with Gasteiger partial charge in [0.15, 0.2) is 0 Å². The third-order valence-electron chi connectivity index (χ3n) is 3.85. The molecule has 1 aliphatic rings. The maximum Gasteiger partial charge on any atom is 0.0249 e. The first-order chi connectivity index (χ1) is 7.56. The van der Waals surface area contributed by atoms with Crippen molar-refractivity contribution in [2.45, 2.75) is 65.5 Å². The Labute approximate surface area is 102 Å². The van der Waals surface area contributed by atoms with Gasteiger partial charge < -0.3 is 5.73 Å². The Kier molecular flexibility index (Phi) is 5.77. The van der Waals surface area contributed by atoms with Crippen molar-refractivity contribution in [3.63, 3.8) is 0 Å². The van der Waals surface area contributed by atoms with E-state index in [1.54, 1.807) is 0 Å². The molecule has 96 valence electrons. The molecule has 0 aliphatic heterocycles. The first kappa shape index (κ1) is 14.0. The summed E-state index contributed by atoms with van der Waals surface area (Å²) in [6.07, 6.45) is 5.61. The van der Waals surface area contributed by atoms with Crippen LogP contribution in [-0.2, 0) is 0 Å². The Hall–Kier alpha value is -0.0800. The molecule has 1 rings (SSSR count). The van der Waals surface area contributed by atoms with Crippen LogP contribution in [0.4, 0.5) is 0 Å². The van der Waals surface area contributed by atoms with Gasteiger partial charge in [0, 0.05) is 25.2 Å². The number of hydrogen-bond donors (Lipinski definition) is 1. The molecule has 1 saturated carbocycles. The van der Waals surface area contributed by atoms with Crippen molar-refractivity contribution in [1.29, 1.82) is 0 Å². The molecule has 0 heterocycles. The Balaban J connectivity index is 2.64. The summed E-state index contributed by atoms with van der Waals surface area (Å²) in [6.45, 7) is 11.2. The molecule has 0 radical (unpaired) electrons. The van der Waals surface area contributed by atoms with E-state index in [1.807, 2.05) is 0 Å². The van der Waals surface area contributed by atoms with Gasteiger partial charge in [0.05, 0.1) is 0 Å². The van der Waals surface area contributed by atoms with Crippen LogP contribution in [0.15, 0.2) is 0 Å². The highest BCUT2D eigenvalue weighted by Gasteiger charge is 2.30. The van der Waals surface area contributed by atoms with Gasteiger partial charge in [0.25, 0.3) is 0 Å².